The molecule has 0 spiro atoms. The molecule has 2 aromatic rings. The van der Waals surface area contributed by atoms with Crippen LogP contribution < -0.4 is 11.3 Å². The largest absolute Gasteiger partial charge is 0.271 e. The highest BCUT2D eigenvalue weighted by atomic mass is 15.2. The van der Waals surface area contributed by atoms with Crippen molar-refractivity contribution in [2.24, 2.45) is 5.84 Å². The molecule has 3 rings (SSSR count). The van der Waals surface area contributed by atoms with E-state index in [1.807, 2.05) is 0 Å². The first kappa shape index (κ1) is 14.3. The highest BCUT2D eigenvalue weighted by molar-refractivity contribution is 5.36. The number of nitrogens with two attached hydrogens (primary N) is 1. The van der Waals surface area contributed by atoms with Gasteiger partial charge in [-0.05, 0) is 47.4 Å². The van der Waals surface area contributed by atoms with E-state index in [0.29, 0.717) is 0 Å². The highest BCUT2D eigenvalue weighted by Crippen LogP contribution is 2.37. The Bertz CT molecular complexity index is 585. The van der Waals surface area contributed by atoms with E-state index < -0.39 is 0 Å². The third-order valence-corrected chi connectivity index (χ3v) is 4.71. The molecule has 1 atom stereocenters. The summed E-state index contributed by atoms with van der Waals surface area (Å²) in [5.41, 5.74) is 8.27. The van der Waals surface area contributed by atoms with Gasteiger partial charge in [0.25, 0.3) is 0 Å². The van der Waals surface area contributed by atoms with E-state index in [2.05, 4.69) is 60.9 Å². The molecule has 0 aromatic heterocycles. The molecular weight excluding hydrogens is 256 g/mol. The van der Waals surface area contributed by atoms with Gasteiger partial charge in [0.2, 0.25) is 0 Å². The van der Waals surface area contributed by atoms with Crippen LogP contribution in [0.4, 0.5) is 0 Å². The van der Waals surface area contributed by atoms with Crippen LogP contribution in [0.3, 0.4) is 0 Å². The number of hydrogen-bond acceptors (Lipinski definition) is 2. The zero-order chi connectivity index (χ0) is 14.7. The number of benzene rings is 2. The van der Waals surface area contributed by atoms with E-state index in [1.54, 1.807) is 0 Å². The molecule has 0 amide bonds. The maximum Gasteiger partial charge on any atom is 0.0710 e. The van der Waals surface area contributed by atoms with Crippen molar-refractivity contribution in [2.75, 3.05) is 0 Å². The molecule has 1 aliphatic carbocycles. The fraction of sp³-hybridized carbons (Fsp3) is 0.368. The van der Waals surface area contributed by atoms with Gasteiger partial charge >= 0.3 is 0 Å². The van der Waals surface area contributed by atoms with Gasteiger partial charge in [-0.3, -0.25) is 5.84 Å². The summed E-state index contributed by atoms with van der Waals surface area (Å²) in [6.07, 6.45) is 5.09. The number of nitrogens with one attached hydrogen (secondary N) is 1. The summed E-state index contributed by atoms with van der Waals surface area (Å²) in [4.78, 5) is 0. The molecule has 1 unspecified atom stereocenters. The van der Waals surface area contributed by atoms with Crippen LogP contribution in [-0.4, -0.2) is 0 Å². The van der Waals surface area contributed by atoms with Crippen molar-refractivity contribution in [1.82, 2.24) is 5.43 Å². The monoisotopic (exact) mass is 280 g/mol. The maximum atomic E-state index is 5.83. The smallest absolute Gasteiger partial charge is 0.0710 e. The van der Waals surface area contributed by atoms with Crippen molar-refractivity contribution in [3.63, 3.8) is 0 Å². The van der Waals surface area contributed by atoms with Gasteiger partial charge in [-0.1, -0.05) is 61.9 Å². The number of aryl methyl sites for hydroxylation is 1. The molecule has 0 heterocycles. The van der Waals surface area contributed by atoms with E-state index in [1.165, 1.54) is 41.5 Å². The van der Waals surface area contributed by atoms with Gasteiger partial charge in [0.1, 0.15) is 0 Å². The molecule has 3 N–H and O–H groups in total. The Morgan fingerprint density at radius 1 is 1.10 bits per heavy atom. The Balaban J connectivity index is 1.87. The Hall–Kier alpha value is -1.64. The highest BCUT2D eigenvalue weighted by Gasteiger charge is 2.21. The lowest BCUT2D eigenvalue weighted by Crippen LogP contribution is -2.29. The zero-order valence-electron chi connectivity index (χ0n) is 12.7. The predicted octanol–water partition coefficient (Wildman–Crippen LogP) is 4.07. The van der Waals surface area contributed by atoms with Crippen LogP contribution >= 0.6 is 0 Å². The van der Waals surface area contributed by atoms with E-state index in [0.717, 1.165) is 12.3 Å². The van der Waals surface area contributed by atoms with Gasteiger partial charge in [0.15, 0.2) is 0 Å². The van der Waals surface area contributed by atoms with Crippen molar-refractivity contribution >= 4 is 0 Å². The van der Waals surface area contributed by atoms with Crippen LogP contribution in [0.2, 0.25) is 0 Å². The van der Waals surface area contributed by atoms with Gasteiger partial charge in [-0.2, -0.15) is 0 Å². The fourth-order valence-electron chi connectivity index (χ4n) is 3.06. The summed E-state index contributed by atoms with van der Waals surface area (Å²) >= 11 is 0. The van der Waals surface area contributed by atoms with Crippen LogP contribution in [0.1, 0.15) is 60.4 Å². The summed E-state index contributed by atoms with van der Waals surface area (Å²) in [6, 6.07) is 17.7. The van der Waals surface area contributed by atoms with Crippen LogP contribution in [0.25, 0.3) is 0 Å². The van der Waals surface area contributed by atoms with E-state index in [-0.39, 0.29) is 6.04 Å². The average molecular weight is 280 g/mol. The van der Waals surface area contributed by atoms with Gasteiger partial charge in [0.05, 0.1) is 6.04 Å². The molecule has 21 heavy (non-hydrogen) atoms. The van der Waals surface area contributed by atoms with Crippen LogP contribution in [0, 0.1) is 0 Å². The summed E-state index contributed by atoms with van der Waals surface area (Å²) in [5.74, 6) is 6.59. The fourth-order valence-corrected chi connectivity index (χ4v) is 3.06. The summed E-state index contributed by atoms with van der Waals surface area (Å²) in [6.45, 7) is 2.18. The average Bonchev–Trinajstić information content (AvgIpc) is 2.47. The molecule has 1 fully saturated rings. The standard InChI is InChI=1S/C19H24N2/c1-2-14-9-11-16(12-10-14)19(21-20)18-8-4-7-17(13-18)15-5-3-6-15/h4,7-13,15,19,21H,2-3,5-6,20H2,1H3. The minimum absolute atomic E-state index is 0.0657. The molecule has 1 aliphatic rings. The summed E-state index contributed by atoms with van der Waals surface area (Å²) < 4.78 is 0. The van der Waals surface area contributed by atoms with Gasteiger partial charge in [-0.15, -0.1) is 0 Å². The van der Waals surface area contributed by atoms with Crippen molar-refractivity contribution in [3.8, 4) is 0 Å². The van der Waals surface area contributed by atoms with Crippen LogP contribution in [-0.2, 0) is 6.42 Å². The van der Waals surface area contributed by atoms with E-state index in [9.17, 15) is 0 Å². The molecule has 0 saturated heterocycles. The summed E-state index contributed by atoms with van der Waals surface area (Å²) in [5, 5.41) is 0. The third kappa shape index (κ3) is 3.02. The lowest BCUT2D eigenvalue weighted by molar-refractivity contribution is 0.419. The van der Waals surface area contributed by atoms with Crippen molar-refractivity contribution in [2.45, 2.75) is 44.6 Å². The normalized spacial score (nSPS) is 16.5. The van der Waals surface area contributed by atoms with E-state index >= 15 is 0 Å². The molecule has 2 aromatic carbocycles. The molecule has 0 radical (unpaired) electrons. The molecule has 0 bridgehead atoms. The quantitative estimate of drug-likeness (QED) is 0.640. The van der Waals surface area contributed by atoms with Crippen molar-refractivity contribution in [1.29, 1.82) is 0 Å². The first-order valence-corrected chi connectivity index (χ1v) is 7.96. The Kier molecular flexibility index (Phi) is 4.37. The number of hydrazine groups is 1. The second-order valence-corrected chi connectivity index (χ2v) is 5.99. The second kappa shape index (κ2) is 6.42. The molecular formula is C19H24N2. The summed E-state index contributed by atoms with van der Waals surface area (Å²) in [7, 11) is 0. The van der Waals surface area contributed by atoms with Gasteiger partial charge in [-0.25, -0.2) is 5.43 Å². The molecule has 110 valence electrons. The molecule has 1 saturated carbocycles. The Labute approximate surface area is 127 Å². The molecule has 2 heteroatoms. The van der Waals surface area contributed by atoms with Crippen molar-refractivity contribution in [3.05, 3.63) is 70.8 Å². The predicted molar refractivity (Wildman–Crippen MR) is 88.0 cm³/mol. The third-order valence-electron chi connectivity index (χ3n) is 4.71. The first-order valence-electron chi connectivity index (χ1n) is 7.96. The lowest BCUT2D eigenvalue weighted by Gasteiger charge is -2.27. The number of rotatable bonds is 5. The van der Waals surface area contributed by atoms with Gasteiger partial charge in [0, 0.05) is 0 Å². The minimum atomic E-state index is 0.0657. The lowest BCUT2D eigenvalue weighted by atomic mass is 9.79. The zero-order valence-corrected chi connectivity index (χ0v) is 12.7. The van der Waals surface area contributed by atoms with Crippen LogP contribution in [0.5, 0.6) is 0 Å². The van der Waals surface area contributed by atoms with Crippen LogP contribution in [0.15, 0.2) is 48.5 Å². The Morgan fingerprint density at radius 3 is 2.43 bits per heavy atom. The van der Waals surface area contributed by atoms with E-state index in [4.69, 9.17) is 5.84 Å². The topological polar surface area (TPSA) is 38.0 Å². The van der Waals surface area contributed by atoms with Crippen molar-refractivity contribution < 1.29 is 0 Å². The second-order valence-electron chi connectivity index (χ2n) is 5.99. The Morgan fingerprint density at radius 2 is 1.86 bits per heavy atom. The molecule has 0 aliphatic heterocycles. The SMILES string of the molecule is CCc1ccc(C(NN)c2cccc(C3CCC3)c2)cc1. The molecule has 2 nitrogen and oxygen atoms in total. The number of hydrogen-bond donors (Lipinski definition) is 2. The maximum absolute atomic E-state index is 5.83. The minimum Gasteiger partial charge on any atom is -0.271 e. The van der Waals surface area contributed by atoms with Gasteiger partial charge < -0.3 is 0 Å². The first-order chi connectivity index (χ1) is 10.3.